The quantitative estimate of drug-likeness (QED) is 0.325. The molecule has 2 aliphatic heterocycles. The molecule has 6 heteroatoms. The van der Waals surface area contributed by atoms with Crippen molar-refractivity contribution in [2.75, 3.05) is 14.1 Å². The zero-order valence-electron chi connectivity index (χ0n) is 25.3. The summed E-state index contributed by atoms with van der Waals surface area (Å²) < 4.78 is 0. The fourth-order valence-corrected chi connectivity index (χ4v) is 7.51. The molecule has 6 nitrogen and oxygen atoms in total. The Morgan fingerprint density at radius 1 is 0.763 bits per heavy atom. The van der Waals surface area contributed by atoms with E-state index < -0.39 is 17.4 Å². The largest absolute Gasteiger partial charge is 0.480 e. The maximum absolute atomic E-state index is 12.7. The number of hydrogen-bond donors (Lipinski definition) is 2. The number of rotatable bonds is 7. The number of carbonyl (C=O) groups is 2. The molecule has 2 aliphatic rings. The van der Waals surface area contributed by atoms with E-state index in [1.54, 1.807) is 30.3 Å². The molecule has 1 aromatic rings. The first kappa shape index (κ1) is 30.4. The molecular weight excluding hydrogens is 476 g/mol. The molecule has 0 radical (unpaired) electrons. The zero-order valence-corrected chi connectivity index (χ0v) is 25.3. The molecule has 2 N–H and O–H groups in total. The third kappa shape index (κ3) is 5.44. The van der Waals surface area contributed by atoms with Crippen LogP contribution < -0.4 is 0 Å². The van der Waals surface area contributed by atoms with Gasteiger partial charge < -0.3 is 10.2 Å². The van der Waals surface area contributed by atoms with E-state index >= 15 is 0 Å². The Labute approximate surface area is 230 Å². The third-order valence-electron chi connectivity index (χ3n) is 10.2. The van der Waals surface area contributed by atoms with Crippen molar-refractivity contribution >= 4 is 11.9 Å². The first-order valence-electron chi connectivity index (χ1n) is 14.0. The lowest BCUT2D eigenvalue weighted by Crippen LogP contribution is -2.61. The molecule has 212 valence electrons. The predicted molar refractivity (Wildman–Crippen MR) is 153 cm³/mol. The van der Waals surface area contributed by atoms with Crippen LogP contribution in [0.25, 0.3) is 0 Å². The molecule has 2 saturated heterocycles. The molecule has 2 heterocycles. The number of nitrogens with zero attached hydrogens (tertiary/aromatic N) is 2. The number of benzene rings is 1. The Bertz CT molecular complexity index is 976. The van der Waals surface area contributed by atoms with Gasteiger partial charge in [-0.25, -0.2) is 0 Å². The Hall–Kier alpha value is -2.18. The van der Waals surface area contributed by atoms with Crippen LogP contribution >= 0.6 is 0 Å². The van der Waals surface area contributed by atoms with Crippen LogP contribution in [0.3, 0.4) is 0 Å². The van der Waals surface area contributed by atoms with E-state index in [4.69, 9.17) is 0 Å². The average molecular weight is 527 g/mol. The van der Waals surface area contributed by atoms with Crippen molar-refractivity contribution in [3.05, 3.63) is 47.5 Å². The highest BCUT2D eigenvalue weighted by atomic mass is 16.4. The normalized spacial score (nSPS) is 24.1. The Morgan fingerprint density at radius 3 is 1.42 bits per heavy atom. The lowest BCUT2D eigenvalue weighted by molar-refractivity contribution is -0.157. The van der Waals surface area contributed by atoms with Gasteiger partial charge in [0.2, 0.25) is 0 Å². The molecule has 3 rings (SSSR count). The van der Waals surface area contributed by atoms with Crippen molar-refractivity contribution < 1.29 is 19.8 Å². The van der Waals surface area contributed by atoms with Gasteiger partial charge in [0.25, 0.3) is 0 Å². The Kier molecular flexibility index (Phi) is 8.06. The van der Waals surface area contributed by atoms with Crippen LogP contribution in [-0.2, 0) is 15.0 Å². The lowest BCUT2D eigenvalue weighted by Gasteiger charge is -2.57. The minimum absolute atomic E-state index is 0.0435. The van der Waals surface area contributed by atoms with Crippen LogP contribution in [0.2, 0.25) is 0 Å². The number of piperidine rings is 2. The van der Waals surface area contributed by atoms with Crippen molar-refractivity contribution in [1.82, 2.24) is 9.80 Å². The second-order valence-electron chi connectivity index (χ2n) is 14.4. The maximum atomic E-state index is 12.7. The summed E-state index contributed by atoms with van der Waals surface area (Å²) in [5, 5.41) is 20.7. The molecule has 0 unspecified atom stereocenters. The Balaban J connectivity index is 2.18. The molecule has 0 bridgehead atoms. The van der Waals surface area contributed by atoms with Gasteiger partial charge in [-0.1, -0.05) is 42.0 Å². The first-order valence-corrected chi connectivity index (χ1v) is 14.0. The lowest BCUT2D eigenvalue weighted by atomic mass is 9.63. The molecule has 0 aliphatic carbocycles. The molecule has 0 atom stereocenters. The first-order chi connectivity index (χ1) is 17.3. The van der Waals surface area contributed by atoms with E-state index in [9.17, 15) is 19.8 Å². The SMILES string of the molecule is CN1C(C)(C)CC(C(=CCC(C(=O)O)(C(=O)O)c2ccccc2)C2CC(C)(C)N(C)C(C)(C)C2)CC1(C)C. The highest BCUT2D eigenvalue weighted by molar-refractivity contribution is 6.05. The second kappa shape index (κ2) is 10.1. The standard InChI is InChI=1S/C32H50N2O4/c1-28(2)18-22(19-29(3,4)33(28)9)25(23-20-30(5,6)34(10)31(7,8)21-23)16-17-32(26(35)36,27(37)38)24-14-12-11-13-15-24/h11-16,22-23H,17-21H2,1-10H3,(H,35,36)(H,37,38). The molecule has 0 spiro atoms. The number of allylic oxidation sites excluding steroid dienone is 2. The van der Waals surface area contributed by atoms with Gasteiger partial charge in [0.05, 0.1) is 0 Å². The summed E-state index contributed by atoms with van der Waals surface area (Å²) in [5.41, 5.74) is -0.647. The minimum atomic E-state index is -2.03. The van der Waals surface area contributed by atoms with E-state index in [1.807, 2.05) is 6.08 Å². The summed E-state index contributed by atoms with van der Waals surface area (Å²) in [4.78, 5) is 30.3. The van der Waals surface area contributed by atoms with E-state index in [2.05, 4.69) is 79.3 Å². The summed E-state index contributed by atoms with van der Waals surface area (Å²) in [7, 11) is 4.38. The van der Waals surface area contributed by atoms with Crippen molar-refractivity contribution in [2.24, 2.45) is 11.8 Å². The summed E-state index contributed by atoms with van der Waals surface area (Å²) in [5.74, 6) is -2.15. The van der Waals surface area contributed by atoms with Gasteiger partial charge in [-0.05, 0) is 119 Å². The number of aliphatic carboxylic acids is 2. The topological polar surface area (TPSA) is 81.1 Å². The number of carboxylic acid groups (broad SMARTS) is 2. The highest BCUT2D eigenvalue weighted by Crippen LogP contribution is 2.50. The number of carboxylic acids is 2. The van der Waals surface area contributed by atoms with E-state index in [1.165, 1.54) is 5.57 Å². The zero-order chi connectivity index (χ0) is 28.9. The van der Waals surface area contributed by atoms with Crippen LogP contribution in [0.4, 0.5) is 0 Å². The van der Waals surface area contributed by atoms with Crippen LogP contribution in [-0.4, -0.2) is 68.2 Å². The monoisotopic (exact) mass is 526 g/mol. The summed E-state index contributed by atoms with van der Waals surface area (Å²) in [6.07, 6.45) is 5.75. The van der Waals surface area contributed by atoms with Gasteiger partial charge in [-0.3, -0.25) is 19.4 Å². The molecule has 1 aromatic carbocycles. The third-order valence-corrected chi connectivity index (χ3v) is 10.2. The number of likely N-dealkylation sites (tertiary alicyclic amines) is 2. The van der Waals surface area contributed by atoms with Crippen LogP contribution in [0.15, 0.2) is 42.0 Å². The Morgan fingerprint density at radius 2 is 1.11 bits per heavy atom. The molecule has 38 heavy (non-hydrogen) atoms. The van der Waals surface area contributed by atoms with Gasteiger partial charge >= 0.3 is 11.9 Å². The highest BCUT2D eigenvalue weighted by Gasteiger charge is 2.51. The molecule has 2 fully saturated rings. The predicted octanol–water partition coefficient (Wildman–Crippen LogP) is 6.21. The van der Waals surface area contributed by atoms with Crippen molar-refractivity contribution in [3.63, 3.8) is 0 Å². The van der Waals surface area contributed by atoms with Gasteiger partial charge in [-0.15, -0.1) is 0 Å². The fraction of sp³-hybridized carbons (Fsp3) is 0.688. The molecule has 0 aromatic heterocycles. The summed E-state index contributed by atoms with van der Waals surface area (Å²) >= 11 is 0. The van der Waals surface area contributed by atoms with E-state index in [0.29, 0.717) is 5.56 Å². The van der Waals surface area contributed by atoms with Crippen LogP contribution in [0, 0.1) is 11.8 Å². The van der Waals surface area contributed by atoms with Gasteiger partial charge in [-0.2, -0.15) is 0 Å². The summed E-state index contributed by atoms with van der Waals surface area (Å²) in [6, 6.07) is 8.46. The van der Waals surface area contributed by atoms with Crippen molar-refractivity contribution in [2.45, 2.75) is 115 Å². The molecule has 0 amide bonds. The minimum Gasteiger partial charge on any atom is -0.480 e. The number of hydrogen-bond acceptors (Lipinski definition) is 4. The van der Waals surface area contributed by atoms with Crippen LogP contribution in [0.1, 0.15) is 93.1 Å². The molecule has 0 saturated carbocycles. The average Bonchev–Trinajstić information content (AvgIpc) is 2.78. The second-order valence-corrected chi connectivity index (χ2v) is 14.4. The smallest absolute Gasteiger partial charge is 0.325 e. The van der Waals surface area contributed by atoms with Gasteiger partial charge in [0, 0.05) is 22.2 Å². The van der Waals surface area contributed by atoms with Crippen LogP contribution in [0.5, 0.6) is 0 Å². The fourth-order valence-electron chi connectivity index (χ4n) is 7.51. The molecular formula is C32H50N2O4. The van der Waals surface area contributed by atoms with E-state index in [-0.39, 0.29) is 40.4 Å². The van der Waals surface area contributed by atoms with Crippen molar-refractivity contribution in [1.29, 1.82) is 0 Å². The summed E-state index contributed by atoms with van der Waals surface area (Å²) in [6.45, 7) is 18.3. The van der Waals surface area contributed by atoms with Gasteiger partial charge in [0.1, 0.15) is 0 Å². The van der Waals surface area contributed by atoms with E-state index in [0.717, 1.165) is 25.7 Å². The van der Waals surface area contributed by atoms with Crippen molar-refractivity contribution in [3.8, 4) is 0 Å². The van der Waals surface area contributed by atoms with Gasteiger partial charge in [0.15, 0.2) is 5.41 Å². The maximum Gasteiger partial charge on any atom is 0.325 e.